The fraction of sp³-hybridized carbons (Fsp3) is 0.200. The van der Waals surface area contributed by atoms with Gasteiger partial charge in [0.25, 0.3) is 0 Å². The molecule has 6 heteroatoms. The summed E-state index contributed by atoms with van der Waals surface area (Å²) in [4.78, 5) is 2.35. The average molecular weight is 733 g/mol. The summed E-state index contributed by atoms with van der Waals surface area (Å²) in [7, 11) is 0. The first kappa shape index (κ1) is 37.4. The molecule has 0 saturated heterocycles. The maximum Gasteiger partial charge on any atom is 0.178 e. The van der Waals surface area contributed by atoms with E-state index in [0.29, 0.717) is 34.8 Å². The molecule has 4 aromatic carbocycles. The molecular formula is C50H44N4O2. The lowest BCUT2D eigenvalue weighted by atomic mass is 9.89. The number of hydrogen-bond acceptors (Lipinski definition) is 5. The number of allylic oxidation sites excluding steroid dienone is 9. The van der Waals surface area contributed by atoms with Crippen molar-refractivity contribution in [1.82, 2.24) is 4.57 Å². The molecule has 0 N–H and O–H groups in total. The van der Waals surface area contributed by atoms with Crippen LogP contribution in [0.15, 0.2) is 156 Å². The second-order valence-corrected chi connectivity index (χ2v) is 14.2. The molecule has 0 saturated carbocycles. The number of ether oxygens (including phenoxy) is 2. The SMILES string of the molecule is C=CC#CC1=CC(=C(C#N)C#N)C=C(C=C2C=C(C)c3ccc(N(CC)Cc4ccc(C(CC)CC(C)n5c6ccccc6c6ccccc65)cc4)cc3O2)O1. The van der Waals surface area contributed by atoms with E-state index in [2.05, 4.69) is 140 Å². The maximum atomic E-state index is 9.50. The Balaban J connectivity index is 1.07. The lowest BCUT2D eigenvalue weighted by Gasteiger charge is -2.27. The van der Waals surface area contributed by atoms with Gasteiger partial charge in [0.05, 0.1) is 0 Å². The van der Waals surface area contributed by atoms with E-state index in [-0.39, 0.29) is 5.57 Å². The summed E-state index contributed by atoms with van der Waals surface area (Å²) in [5, 5.41) is 21.6. The molecule has 56 heavy (non-hydrogen) atoms. The van der Waals surface area contributed by atoms with E-state index in [0.717, 1.165) is 48.5 Å². The molecule has 276 valence electrons. The van der Waals surface area contributed by atoms with E-state index in [1.54, 1.807) is 18.2 Å². The largest absolute Gasteiger partial charge is 0.457 e. The summed E-state index contributed by atoms with van der Waals surface area (Å²) in [6.07, 6.45) is 10.5. The fourth-order valence-corrected chi connectivity index (χ4v) is 7.84. The summed E-state index contributed by atoms with van der Waals surface area (Å²) >= 11 is 0. The standard InChI is InChI=1S/C50H44N4O2/c1-6-9-14-42-27-39(40(31-51)32-52)28-44(55-42)30-43-25-34(4)45-24-23-41(29-50(45)56-43)53(8-3)33-36-19-21-38(22-20-36)37(7-2)26-35(5)54-48-17-12-10-15-46(48)47-16-11-13-18-49(47)54/h6,10-13,15-25,27-30,35,37H,1,7-8,26,33H2,2-5H3. The van der Waals surface area contributed by atoms with Crippen molar-refractivity contribution in [2.24, 2.45) is 0 Å². The molecule has 0 bridgehead atoms. The fourth-order valence-electron chi connectivity index (χ4n) is 7.84. The number of benzene rings is 4. The van der Waals surface area contributed by atoms with Crippen LogP contribution in [0.2, 0.25) is 0 Å². The molecule has 0 fully saturated rings. The minimum atomic E-state index is -0.0297. The normalized spacial score (nSPS) is 15.1. The van der Waals surface area contributed by atoms with Gasteiger partial charge in [-0.15, -0.1) is 0 Å². The number of aromatic nitrogens is 1. The van der Waals surface area contributed by atoms with E-state index >= 15 is 0 Å². The van der Waals surface area contributed by atoms with Gasteiger partial charge in [-0.3, -0.25) is 0 Å². The number of fused-ring (bicyclic) bond motifs is 4. The molecule has 5 aromatic rings. The summed E-state index contributed by atoms with van der Waals surface area (Å²) in [5.74, 6) is 8.10. The molecule has 2 aliphatic heterocycles. The summed E-state index contributed by atoms with van der Waals surface area (Å²) in [6, 6.07) is 37.3. The van der Waals surface area contributed by atoms with E-state index in [4.69, 9.17) is 9.47 Å². The summed E-state index contributed by atoms with van der Waals surface area (Å²) in [6.45, 7) is 14.1. The predicted molar refractivity (Wildman–Crippen MR) is 227 cm³/mol. The van der Waals surface area contributed by atoms with Crippen molar-refractivity contribution in [2.75, 3.05) is 11.4 Å². The second-order valence-electron chi connectivity index (χ2n) is 14.2. The van der Waals surface area contributed by atoms with Crippen LogP contribution in [0.3, 0.4) is 0 Å². The van der Waals surface area contributed by atoms with Crippen LogP contribution in [-0.2, 0) is 11.3 Å². The molecule has 2 unspecified atom stereocenters. The first-order chi connectivity index (χ1) is 27.3. The predicted octanol–water partition coefficient (Wildman–Crippen LogP) is 12.0. The Hall–Kier alpha value is -6.94. The van der Waals surface area contributed by atoms with Crippen LogP contribution >= 0.6 is 0 Å². The van der Waals surface area contributed by atoms with Gasteiger partial charge in [-0.2, -0.15) is 10.5 Å². The van der Waals surface area contributed by atoms with Crippen LogP contribution in [0.4, 0.5) is 5.69 Å². The molecule has 2 atom stereocenters. The van der Waals surface area contributed by atoms with Crippen LogP contribution in [0.5, 0.6) is 5.75 Å². The highest BCUT2D eigenvalue weighted by molar-refractivity contribution is 6.08. The third kappa shape index (κ3) is 7.67. The zero-order chi connectivity index (χ0) is 39.2. The van der Waals surface area contributed by atoms with E-state index in [1.165, 1.54) is 39.0 Å². The van der Waals surface area contributed by atoms with Crippen molar-refractivity contribution in [3.05, 3.63) is 173 Å². The number of nitriles is 2. The number of hydrogen-bond donors (Lipinski definition) is 0. The third-order valence-corrected chi connectivity index (χ3v) is 10.6. The molecule has 1 aromatic heterocycles. The Morgan fingerprint density at radius 3 is 2.21 bits per heavy atom. The third-order valence-electron chi connectivity index (χ3n) is 10.6. The number of para-hydroxylation sites is 2. The Kier molecular flexibility index (Phi) is 11.1. The smallest absolute Gasteiger partial charge is 0.178 e. The maximum absolute atomic E-state index is 9.50. The van der Waals surface area contributed by atoms with Crippen LogP contribution in [-0.4, -0.2) is 11.1 Å². The Morgan fingerprint density at radius 2 is 1.57 bits per heavy atom. The van der Waals surface area contributed by atoms with Crippen LogP contribution in [0, 0.1) is 34.5 Å². The van der Waals surface area contributed by atoms with Crippen molar-refractivity contribution in [2.45, 2.75) is 59.0 Å². The minimum absolute atomic E-state index is 0.0297. The van der Waals surface area contributed by atoms with Gasteiger partial charge in [-0.05, 0) is 111 Å². The van der Waals surface area contributed by atoms with Gasteiger partial charge in [0, 0.05) is 69.9 Å². The summed E-state index contributed by atoms with van der Waals surface area (Å²) < 4.78 is 14.9. The van der Waals surface area contributed by atoms with E-state index < -0.39 is 0 Å². The molecular weight excluding hydrogens is 689 g/mol. The highest BCUT2D eigenvalue weighted by Gasteiger charge is 2.21. The molecule has 0 aliphatic carbocycles. The minimum Gasteiger partial charge on any atom is -0.457 e. The van der Waals surface area contributed by atoms with Crippen molar-refractivity contribution in [3.8, 4) is 29.7 Å². The first-order valence-corrected chi connectivity index (χ1v) is 19.2. The Labute approximate surface area is 329 Å². The quantitative estimate of drug-likeness (QED) is 0.106. The molecule has 0 amide bonds. The second kappa shape index (κ2) is 16.6. The lowest BCUT2D eigenvalue weighted by molar-refractivity contribution is 0.331. The van der Waals surface area contributed by atoms with Crippen LogP contribution in [0.1, 0.15) is 69.2 Å². The van der Waals surface area contributed by atoms with Crippen molar-refractivity contribution < 1.29 is 9.47 Å². The van der Waals surface area contributed by atoms with Gasteiger partial charge in [0.1, 0.15) is 35.0 Å². The molecule has 0 spiro atoms. The van der Waals surface area contributed by atoms with E-state index in [9.17, 15) is 10.5 Å². The monoisotopic (exact) mass is 732 g/mol. The molecule has 2 aliphatic rings. The summed E-state index contributed by atoms with van der Waals surface area (Å²) in [5.41, 5.74) is 8.74. The van der Waals surface area contributed by atoms with E-state index in [1.807, 2.05) is 25.1 Å². The zero-order valence-corrected chi connectivity index (χ0v) is 32.3. The van der Waals surface area contributed by atoms with Crippen LogP contribution < -0.4 is 9.64 Å². The molecule has 0 radical (unpaired) electrons. The zero-order valence-electron chi connectivity index (χ0n) is 32.3. The number of anilines is 1. The highest BCUT2D eigenvalue weighted by atomic mass is 16.5. The Bertz CT molecular complexity index is 2570. The molecule has 7 rings (SSSR count). The Morgan fingerprint density at radius 1 is 0.875 bits per heavy atom. The van der Waals surface area contributed by atoms with Gasteiger partial charge < -0.3 is 18.9 Å². The first-order valence-electron chi connectivity index (χ1n) is 19.2. The topological polar surface area (TPSA) is 74.2 Å². The number of rotatable bonds is 10. The van der Waals surface area contributed by atoms with Gasteiger partial charge in [-0.1, -0.05) is 80.1 Å². The average Bonchev–Trinajstić information content (AvgIpc) is 3.56. The van der Waals surface area contributed by atoms with Gasteiger partial charge >= 0.3 is 0 Å². The molecule has 6 nitrogen and oxygen atoms in total. The highest BCUT2D eigenvalue weighted by Crippen LogP contribution is 2.39. The lowest BCUT2D eigenvalue weighted by Crippen LogP contribution is -2.22. The number of nitrogens with zero attached hydrogens (tertiary/aromatic N) is 4. The van der Waals surface area contributed by atoms with Crippen LogP contribution in [0.25, 0.3) is 27.4 Å². The van der Waals surface area contributed by atoms with Crippen molar-refractivity contribution >= 4 is 33.1 Å². The van der Waals surface area contributed by atoms with Crippen molar-refractivity contribution in [1.29, 1.82) is 10.5 Å². The van der Waals surface area contributed by atoms with Crippen molar-refractivity contribution in [3.63, 3.8) is 0 Å². The van der Waals surface area contributed by atoms with Gasteiger partial charge in [-0.25, -0.2) is 0 Å². The van der Waals surface area contributed by atoms with Gasteiger partial charge in [0.2, 0.25) is 0 Å². The molecule has 3 heterocycles. The van der Waals surface area contributed by atoms with Gasteiger partial charge in [0.15, 0.2) is 5.76 Å².